The topological polar surface area (TPSA) is 52.1 Å². The summed E-state index contributed by atoms with van der Waals surface area (Å²) in [5, 5.41) is 6.74. The maximum Gasteiger partial charge on any atom is 0.191 e. The summed E-state index contributed by atoms with van der Waals surface area (Å²) in [5.41, 5.74) is 1.21. The Morgan fingerprint density at radius 1 is 1.19 bits per heavy atom. The van der Waals surface area contributed by atoms with Crippen molar-refractivity contribution in [2.45, 2.75) is 39.8 Å². The maximum atomic E-state index is 6.00. The number of hydrogen-bond acceptors (Lipinski definition) is 4. The Hall–Kier alpha value is -1.79. The number of rotatable bonds is 8. The van der Waals surface area contributed by atoms with E-state index < -0.39 is 0 Å². The quantitative estimate of drug-likeness (QED) is 0.537. The third-order valence-electron chi connectivity index (χ3n) is 4.90. The lowest BCUT2D eigenvalue weighted by atomic mass is 10.2. The lowest BCUT2D eigenvalue weighted by Crippen LogP contribution is -2.49. The van der Waals surface area contributed by atoms with Crippen LogP contribution in [0.4, 0.5) is 0 Å². The lowest BCUT2D eigenvalue weighted by Gasteiger charge is -2.35. The number of ether oxygens (including phenoxy) is 1. The first-order valence-corrected chi connectivity index (χ1v) is 10.2. The van der Waals surface area contributed by atoms with Crippen molar-refractivity contribution >= 4 is 5.96 Å². The highest BCUT2D eigenvalue weighted by molar-refractivity contribution is 5.79. The summed E-state index contributed by atoms with van der Waals surface area (Å²) < 4.78 is 6.00. The van der Waals surface area contributed by atoms with E-state index >= 15 is 0 Å². The molecule has 1 aliphatic heterocycles. The fourth-order valence-corrected chi connectivity index (χ4v) is 3.15. The molecule has 2 rings (SSSR count). The molecule has 6 nitrogen and oxygen atoms in total. The SMILES string of the molecule is CCNC(=NCC(C)N1CCN(C)CC1)NCC(C)Oc1cccc(C)c1. The molecule has 27 heavy (non-hydrogen) atoms. The van der Waals surface area contributed by atoms with E-state index in [0.29, 0.717) is 12.6 Å². The summed E-state index contributed by atoms with van der Waals surface area (Å²) in [7, 11) is 2.19. The molecule has 0 spiro atoms. The molecule has 1 fully saturated rings. The van der Waals surface area contributed by atoms with Crippen LogP contribution in [0.3, 0.4) is 0 Å². The van der Waals surface area contributed by atoms with Gasteiger partial charge in [0.2, 0.25) is 0 Å². The van der Waals surface area contributed by atoms with Crippen LogP contribution in [-0.2, 0) is 0 Å². The number of aliphatic imine (C=N–C) groups is 1. The van der Waals surface area contributed by atoms with Gasteiger partial charge in [-0.25, -0.2) is 0 Å². The molecule has 2 atom stereocenters. The Balaban J connectivity index is 1.80. The van der Waals surface area contributed by atoms with Crippen molar-refractivity contribution in [3.63, 3.8) is 0 Å². The van der Waals surface area contributed by atoms with E-state index in [0.717, 1.165) is 51.0 Å². The van der Waals surface area contributed by atoms with Gasteiger partial charge in [0.15, 0.2) is 5.96 Å². The molecule has 2 unspecified atom stereocenters. The summed E-state index contributed by atoms with van der Waals surface area (Å²) in [6, 6.07) is 8.62. The summed E-state index contributed by atoms with van der Waals surface area (Å²) in [6.45, 7) is 15.4. The molecule has 1 aromatic rings. The summed E-state index contributed by atoms with van der Waals surface area (Å²) >= 11 is 0. The standard InChI is InChI=1S/C21H37N5O/c1-6-22-21(23-15-18(3)26-12-10-25(5)11-13-26)24-16-19(4)27-20-9-7-8-17(2)14-20/h7-9,14,18-19H,6,10-13,15-16H2,1-5H3,(H2,22,23,24). The van der Waals surface area contributed by atoms with Gasteiger partial charge in [0.05, 0.1) is 13.1 Å². The van der Waals surface area contributed by atoms with Gasteiger partial charge in [-0.3, -0.25) is 9.89 Å². The zero-order chi connectivity index (χ0) is 19.6. The molecule has 1 saturated heterocycles. The van der Waals surface area contributed by atoms with Gasteiger partial charge in [0.1, 0.15) is 11.9 Å². The van der Waals surface area contributed by atoms with Crippen LogP contribution in [0.25, 0.3) is 0 Å². The highest BCUT2D eigenvalue weighted by Gasteiger charge is 2.18. The first-order valence-electron chi connectivity index (χ1n) is 10.2. The van der Waals surface area contributed by atoms with Gasteiger partial charge in [0.25, 0.3) is 0 Å². The second-order valence-electron chi connectivity index (χ2n) is 7.53. The number of nitrogens with one attached hydrogen (secondary N) is 2. The van der Waals surface area contributed by atoms with Gasteiger partial charge in [-0.05, 0) is 52.4 Å². The van der Waals surface area contributed by atoms with Gasteiger partial charge >= 0.3 is 0 Å². The smallest absolute Gasteiger partial charge is 0.191 e. The molecule has 0 radical (unpaired) electrons. The van der Waals surface area contributed by atoms with Crippen molar-refractivity contribution in [3.8, 4) is 5.75 Å². The Bertz CT molecular complexity index is 584. The third kappa shape index (κ3) is 7.77. The van der Waals surface area contributed by atoms with Crippen molar-refractivity contribution in [1.29, 1.82) is 0 Å². The average Bonchev–Trinajstić information content (AvgIpc) is 2.64. The van der Waals surface area contributed by atoms with Crippen LogP contribution >= 0.6 is 0 Å². The van der Waals surface area contributed by atoms with Crippen LogP contribution in [0.1, 0.15) is 26.3 Å². The molecule has 0 aliphatic carbocycles. The van der Waals surface area contributed by atoms with E-state index in [1.54, 1.807) is 0 Å². The summed E-state index contributed by atoms with van der Waals surface area (Å²) in [5.74, 6) is 1.77. The number of benzene rings is 1. The van der Waals surface area contributed by atoms with E-state index in [4.69, 9.17) is 9.73 Å². The highest BCUT2D eigenvalue weighted by Crippen LogP contribution is 2.13. The molecule has 152 valence electrons. The van der Waals surface area contributed by atoms with E-state index in [1.807, 2.05) is 12.1 Å². The van der Waals surface area contributed by atoms with Crippen molar-refractivity contribution in [3.05, 3.63) is 29.8 Å². The van der Waals surface area contributed by atoms with E-state index in [-0.39, 0.29) is 6.10 Å². The second kappa shape index (κ2) is 11.1. The molecule has 6 heteroatoms. The normalized spacial score (nSPS) is 18.8. The van der Waals surface area contributed by atoms with Gasteiger partial charge in [-0.2, -0.15) is 0 Å². The molecule has 2 N–H and O–H groups in total. The molecular formula is C21H37N5O. The van der Waals surface area contributed by atoms with E-state index in [1.165, 1.54) is 5.56 Å². The van der Waals surface area contributed by atoms with E-state index in [2.05, 4.69) is 67.3 Å². The Kier molecular flexibility index (Phi) is 8.88. The molecule has 0 saturated carbocycles. The van der Waals surface area contributed by atoms with Crippen LogP contribution in [0.5, 0.6) is 5.75 Å². The molecule has 1 aromatic carbocycles. The number of hydrogen-bond donors (Lipinski definition) is 2. The largest absolute Gasteiger partial charge is 0.489 e. The average molecular weight is 376 g/mol. The van der Waals surface area contributed by atoms with Crippen LogP contribution in [0, 0.1) is 6.92 Å². The fraction of sp³-hybridized carbons (Fsp3) is 0.667. The van der Waals surface area contributed by atoms with Gasteiger partial charge < -0.3 is 20.3 Å². The fourth-order valence-electron chi connectivity index (χ4n) is 3.15. The number of guanidine groups is 1. The summed E-state index contributed by atoms with van der Waals surface area (Å²) in [6.07, 6.45) is 0.0608. The number of nitrogens with zero attached hydrogens (tertiary/aromatic N) is 3. The lowest BCUT2D eigenvalue weighted by molar-refractivity contribution is 0.122. The molecule has 1 aliphatic rings. The van der Waals surface area contributed by atoms with Crippen molar-refractivity contribution in [2.24, 2.45) is 4.99 Å². The minimum absolute atomic E-state index is 0.0608. The van der Waals surface area contributed by atoms with E-state index in [9.17, 15) is 0 Å². The molecule has 0 aromatic heterocycles. The third-order valence-corrected chi connectivity index (χ3v) is 4.90. The zero-order valence-corrected chi connectivity index (χ0v) is 17.7. The van der Waals surface area contributed by atoms with Crippen molar-refractivity contribution in [1.82, 2.24) is 20.4 Å². The van der Waals surface area contributed by atoms with Crippen LogP contribution in [0.15, 0.2) is 29.3 Å². The minimum atomic E-state index is 0.0608. The molecule has 0 amide bonds. The summed E-state index contributed by atoms with van der Waals surface area (Å²) in [4.78, 5) is 9.69. The Morgan fingerprint density at radius 3 is 2.59 bits per heavy atom. The van der Waals surface area contributed by atoms with Crippen LogP contribution in [0.2, 0.25) is 0 Å². The molecule has 1 heterocycles. The zero-order valence-electron chi connectivity index (χ0n) is 17.7. The Morgan fingerprint density at radius 2 is 1.93 bits per heavy atom. The van der Waals surface area contributed by atoms with Crippen molar-refractivity contribution in [2.75, 3.05) is 52.9 Å². The molecular weight excluding hydrogens is 338 g/mol. The number of aryl methyl sites for hydroxylation is 1. The minimum Gasteiger partial charge on any atom is -0.489 e. The Labute approximate surface area is 165 Å². The van der Waals surface area contributed by atoms with Gasteiger partial charge in [-0.15, -0.1) is 0 Å². The monoisotopic (exact) mass is 375 g/mol. The number of likely N-dealkylation sites (N-methyl/N-ethyl adjacent to an activating group) is 1. The first-order chi connectivity index (χ1) is 13.0. The predicted molar refractivity (Wildman–Crippen MR) is 114 cm³/mol. The van der Waals surface area contributed by atoms with Gasteiger partial charge in [0, 0.05) is 38.8 Å². The van der Waals surface area contributed by atoms with Crippen LogP contribution < -0.4 is 15.4 Å². The maximum absolute atomic E-state index is 6.00. The van der Waals surface area contributed by atoms with Crippen LogP contribution in [-0.4, -0.2) is 80.8 Å². The van der Waals surface area contributed by atoms with Crippen molar-refractivity contribution < 1.29 is 4.74 Å². The second-order valence-corrected chi connectivity index (χ2v) is 7.53. The van der Waals surface area contributed by atoms with Gasteiger partial charge in [-0.1, -0.05) is 12.1 Å². The highest BCUT2D eigenvalue weighted by atomic mass is 16.5. The first kappa shape index (κ1) is 21.5. The predicted octanol–water partition coefficient (Wildman–Crippen LogP) is 1.95. The molecule has 0 bridgehead atoms. The number of piperazine rings is 1.